The van der Waals surface area contributed by atoms with Crippen LogP contribution in [-0.2, 0) is 17.8 Å². The zero-order valence-corrected chi connectivity index (χ0v) is 16.7. The highest BCUT2D eigenvalue weighted by molar-refractivity contribution is 6.04. The van der Waals surface area contributed by atoms with Crippen LogP contribution < -0.4 is 5.32 Å². The van der Waals surface area contributed by atoms with Gasteiger partial charge in [-0.05, 0) is 41.7 Å². The molecule has 3 aromatic rings. The number of aryl methyl sites for hydroxylation is 2. The summed E-state index contributed by atoms with van der Waals surface area (Å²) < 4.78 is 0. The van der Waals surface area contributed by atoms with Gasteiger partial charge in [-0.15, -0.1) is 0 Å². The maximum absolute atomic E-state index is 13.5. The van der Waals surface area contributed by atoms with E-state index in [0.717, 1.165) is 34.4 Å². The van der Waals surface area contributed by atoms with Crippen molar-refractivity contribution in [2.45, 2.75) is 32.9 Å². The molecular formula is C25H24N2O2. The van der Waals surface area contributed by atoms with Crippen molar-refractivity contribution in [2.75, 3.05) is 5.32 Å². The summed E-state index contributed by atoms with van der Waals surface area (Å²) in [6, 6.07) is 22.4. The lowest BCUT2D eigenvalue weighted by atomic mass is 10.0. The van der Waals surface area contributed by atoms with Crippen LogP contribution in [0.25, 0.3) is 0 Å². The predicted octanol–water partition coefficient (Wildman–Crippen LogP) is 4.89. The van der Waals surface area contributed by atoms with Crippen LogP contribution in [0.1, 0.15) is 45.6 Å². The van der Waals surface area contributed by atoms with E-state index >= 15 is 0 Å². The van der Waals surface area contributed by atoms with E-state index in [0.29, 0.717) is 12.1 Å². The van der Waals surface area contributed by atoms with Gasteiger partial charge in [0, 0.05) is 17.8 Å². The highest BCUT2D eigenvalue weighted by Crippen LogP contribution is 2.33. The molecule has 0 spiro atoms. The predicted molar refractivity (Wildman–Crippen MR) is 115 cm³/mol. The third kappa shape index (κ3) is 3.54. The molecule has 0 bridgehead atoms. The van der Waals surface area contributed by atoms with Gasteiger partial charge in [-0.3, -0.25) is 9.59 Å². The number of carbonyl (C=O) groups excluding carboxylic acids is 2. The number of nitrogens with zero attached hydrogens (tertiary/aromatic N) is 1. The molecule has 4 rings (SSSR count). The largest absolute Gasteiger partial charge is 0.323 e. The number of hydrogen-bond donors (Lipinski definition) is 1. The van der Waals surface area contributed by atoms with Gasteiger partial charge < -0.3 is 10.2 Å². The van der Waals surface area contributed by atoms with Crippen molar-refractivity contribution in [3.63, 3.8) is 0 Å². The maximum Gasteiger partial charge on any atom is 0.255 e. The van der Waals surface area contributed by atoms with Crippen molar-refractivity contribution >= 4 is 17.5 Å². The first-order valence-corrected chi connectivity index (χ1v) is 9.93. The second-order valence-corrected chi connectivity index (χ2v) is 7.36. The Kier molecular flexibility index (Phi) is 5.17. The van der Waals surface area contributed by atoms with Gasteiger partial charge in [0.2, 0.25) is 0 Å². The first-order chi connectivity index (χ1) is 14.1. The third-order valence-electron chi connectivity index (χ3n) is 5.51. The van der Waals surface area contributed by atoms with Crippen LogP contribution in [0.4, 0.5) is 5.69 Å². The molecule has 146 valence electrons. The zero-order chi connectivity index (χ0) is 20.4. The standard InChI is InChI=1S/C25H24N2O2/c1-3-18-14-9-10-17(2)22(18)26-24(28)23(19-11-5-4-6-12-19)27-16-20-13-7-8-15-21(20)25(27)29/h4-15,23H,3,16H2,1-2H3,(H,26,28). The average Bonchev–Trinajstić information content (AvgIpc) is 3.07. The summed E-state index contributed by atoms with van der Waals surface area (Å²) in [6.45, 7) is 4.49. The molecule has 1 aliphatic rings. The molecule has 4 nitrogen and oxygen atoms in total. The van der Waals surface area contributed by atoms with E-state index in [1.54, 1.807) is 4.90 Å². The molecule has 29 heavy (non-hydrogen) atoms. The Morgan fingerprint density at radius 2 is 1.72 bits per heavy atom. The highest BCUT2D eigenvalue weighted by atomic mass is 16.2. The Morgan fingerprint density at radius 3 is 2.45 bits per heavy atom. The van der Waals surface area contributed by atoms with Gasteiger partial charge in [0.1, 0.15) is 6.04 Å². The normalized spacial score (nSPS) is 13.9. The molecule has 0 saturated carbocycles. The van der Waals surface area contributed by atoms with E-state index in [4.69, 9.17) is 0 Å². The molecule has 4 heteroatoms. The van der Waals surface area contributed by atoms with Gasteiger partial charge >= 0.3 is 0 Å². The van der Waals surface area contributed by atoms with Gasteiger partial charge in [0.05, 0.1) is 0 Å². The fraction of sp³-hybridized carbons (Fsp3) is 0.200. The van der Waals surface area contributed by atoms with Crippen molar-refractivity contribution in [3.05, 3.63) is 101 Å². The summed E-state index contributed by atoms with van der Waals surface area (Å²) >= 11 is 0. The lowest BCUT2D eigenvalue weighted by molar-refractivity contribution is -0.120. The number of carbonyl (C=O) groups is 2. The van der Waals surface area contributed by atoms with Crippen LogP contribution in [0.3, 0.4) is 0 Å². The topological polar surface area (TPSA) is 49.4 Å². The first-order valence-electron chi connectivity index (χ1n) is 9.93. The molecule has 3 aromatic carbocycles. The van der Waals surface area contributed by atoms with E-state index in [2.05, 4.69) is 12.2 Å². The number of rotatable bonds is 5. The van der Waals surface area contributed by atoms with Crippen LogP contribution in [0.5, 0.6) is 0 Å². The Morgan fingerprint density at radius 1 is 1.00 bits per heavy atom. The highest BCUT2D eigenvalue weighted by Gasteiger charge is 2.37. The zero-order valence-electron chi connectivity index (χ0n) is 16.7. The van der Waals surface area contributed by atoms with E-state index in [1.807, 2.05) is 79.7 Å². The molecule has 1 heterocycles. The first kappa shape index (κ1) is 18.9. The quantitative estimate of drug-likeness (QED) is 0.681. The van der Waals surface area contributed by atoms with Crippen molar-refractivity contribution < 1.29 is 9.59 Å². The van der Waals surface area contributed by atoms with Gasteiger partial charge in [-0.2, -0.15) is 0 Å². The average molecular weight is 384 g/mol. The monoisotopic (exact) mass is 384 g/mol. The van der Waals surface area contributed by atoms with Crippen LogP contribution in [0.2, 0.25) is 0 Å². The number of hydrogen-bond acceptors (Lipinski definition) is 2. The van der Waals surface area contributed by atoms with Gasteiger partial charge in [0.25, 0.3) is 11.8 Å². The van der Waals surface area contributed by atoms with E-state index in [1.165, 1.54) is 0 Å². The summed E-state index contributed by atoms with van der Waals surface area (Å²) in [5, 5.41) is 3.12. The molecule has 1 aliphatic heterocycles. The van der Waals surface area contributed by atoms with Crippen LogP contribution >= 0.6 is 0 Å². The second kappa shape index (κ2) is 7.92. The third-order valence-corrected chi connectivity index (χ3v) is 5.51. The van der Waals surface area contributed by atoms with Crippen molar-refractivity contribution in [1.29, 1.82) is 0 Å². The van der Waals surface area contributed by atoms with Gasteiger partial charge in [0.15, 0.2) is 0 Å². The van der Waals surface area contributed by atoms with E-state index in [9.17, 15) is 9.59 Å². The molecule has 0 fully saturated rings. The molecule has 0 aromatic heterocycles. The molecule has 0 radical (unpaired) electrons. The van der Waals surface area contributed by atoms with Crippen LogP contribution in [0, 0.1) is 6.92 Å². The minimum Gasteiger partial charge on any atom is -0.323 e. The molecule has 1 N–H and O–H groups in total. The maximum atomic E-state index is 13.5. The van der Waals surface area contributed by atoms with Crippen molar-refractivity contribution in [2.24, 2.45) is 0 Å². The Hall–Kier alpha value is -3.40. The number of fused-ring (bicyclic) bond motifs is 1. The summed E-state index contributed by atoms with van der Waals surface area (Å²) in [6.07, 6.45) is 0.821. The summed E-state index contributed by atoms with van der Waals surface area (Å²) in [7, 11) is 0. The fourth-order valence-corrected chi connectivity index (χ4v) is 3.99. The van der Waals surface area contributed by atoms with Crippen molar-refractivity contribution in [3.8, 4) is 0 Å². The summed E-state index contributed by atoms with van der Waals surface area (Å²) in [4.78, 5) is 28.3. The summed E-state index contributed by atoms with van der Waals surface area (Å²) in [5.41, 5.74) is 5.37. The number of anilines is 1. The van der Waals surface area contributed by atoms with Crippen molar-refractivity contribution in [1.82, 2.24) is 4.90 Å². The molecule has 2 amide bonds. The number of nitrogens with one attached hydrogen (secondary N) is 1. The van der Waals surface area contributed by atoms with Crippen LogP contribution in [0.15, 0.2) is 72.8 Å². The minimum atomic E-state index is -0.694. The van der Waals surface area contributed by atoms with Gasteiger partial charge in [-0.1, -0.05) is 73.7 Å². The fourth-order valence-electron chi connectivity index (χ4n) is 3.99. The van der Waals surface area contributed by atoms with Crippen LogP contribution in [-0.4, -0.2) is 16.7 Å². The molecular weight excluding hydrogens is 360 g/mol. The summed E-state index contributed by atoms with van der Waals surface area (Å²) in [5.74, 6) is -0.300. The van der Waals surface area contributed by atoms with E-state index < -0.39 is 6.04 Å². The number of benzene rings is 3. The minimum absolute atomic E-state index is 0.106. The molecule has 0 aliphatic carbocycles. The lowest BCUT2D eigenvalue weighted by Crippen LogP contribution is -2.37. The Balaban J connectivity index is 1.72. The molecule has 0 saturated heterocycles. The van der Waals surface area contributed by atoms with Gasteiger partial charge in [-0.25, -0.2) is 0 Å². The number of para-hydroxylation sites is 1. The Labute approximate surface area is 171 Å². The number of amides is 2. The molecule has 1 atom stereocenters. The smallest absolute Gasteiger partial charge is 0.255 e. The molecule has 1 unspecified atom stereocenters. The second-order valence-electron chi connectivity index (χ2n) is 7.36. The lowest BCUT2D eigenvalue weighted by Gasteiger charge is -2.28. The van der Waals surface area contributed by atoms with E-state index in [-0.39, 0.29) is 11.8 Å². The Bertz CT molecular complexity index is 1060. The SMILES string of the molecule is CCc1cccc(C)c1NC(=O)C(c1ccccc1)N1Cc2ccccc2C1=O.